The van der Waals surface area contributed by atoms with Crippen LogP contribution in [-0.4, -0.2) is 23.4 Å². The molecule has 6 N–H and O–H groups in total. The number of hydrogen-bond acceptors (Lipinski definition) is 2. The predicted molar refractivity (Wildman–Crippen MR) is 110 cm³/mol. The van der Waals surface area contributed by atoms with Crippen molar-refractivity contribution in [2.45, 2.75) is 26.2 Å². The molecular weight excluding hydrogens is 338 g/mol. The summed E-state index contributed by atoms with van der Waals surface area (Å²) in [5, 5.41) is 13.9. The van der Waals surface area contributed by atoms with E-state index in [2.05, 4.69) is 53.0 Å². The van der Waals surface area contributed by atoms with Crippen molar-refractivity contribution in [2.24, 2.45) is 5.73 Å². The fourth-order valence-electron chi connectivity index (χ4n) is 3.17. The Hall–Kier alpha value is -3.28. The van der Waals surface area contributed by atoms with Gasteiger partial charge in [-0.3, -0.25) is 5.41 Å². The van der Waals surface area contributed by atoms with Crippen LogP contribution < -0.4 is 16.4 Å². The van der Waals surface area contributed by atoms with Gasteiger partial charge in [0.2, 0.25) is 0 Å². The van der Waals surface area contributed by atoms with Gasteiger partial charge in [-0.2, -0.15) is 0 Å². The van der Waals surface area contributed by atoms with Crippen LogP contribution >= 0.6 is 0 Å². The molecule has 0 saturated heterocycles. The molecule has 1 heterocycles. The minimum absolute atomic E-state index is 0.0604. The molecule has 27 heavy (non-hydrogen) atoms. The fourth-order valence-corrected chi connectivity index (χ4v) is 3.17. The summed E-state index contributed by atoms with van der Waals surface area (Å²) in [5.41, 5.74) is 10.9. The van der Waals surface area contributed by atoms with Crippen molar-refractivity contribution in [3.05, 3.63) is 65.4 Å². The number of amidine groups is 1. The first-order valence-electron chi connectivity index (χ1n) is 9.11. The molecule has 0 aliphatic rings. The number of aromatic nitrogens is 1. The first kappa shape index (κ1) is 18.5. The molecule has 0 unspecified atom stereocenters. The number of carbonyl (C=O) groups excluding carboxylic acids is 1. The van der Waals surface area contributed by atoms with E-state index in [4.69, 9.17) is 11.1 Å². The molecule has 2 amide bonds. The minimum atomic E-state index is -0.289. The highest BCUT2D eigenvalue weighted by molar-refractivity contribution is 5.90. The Balaban J connectivity index is 1.71. The predicted octanol–water partition coefficient (Wildman–Crippen LogP) is 3.77. The van der Waals surface area contributed by atoms with Gasteiger partial charge in [0.1, 0.15) is 0 Å². The number of anilines is 1. The highest BCUT2D eigenvalue weighted by atomic mass is 16.2. The van der Waals surface area contributed by atoms with Crippen LogP contribution in [0.3, 0.4) is 0 Å². The zero-order chi connectivity index (χ0) is 19.2. The highest BCUT2D eigenvalue weighted by Crippen LogP contribution is 2.24. The summed E-state index contributed by atoms with van der Waals surface area (Å²) in [4.78, 5) is 15.3. The molecule has 0 bridgehead atoms. The molecule has 2 aromatic carbocycles. The maximum Gasteiger partial charge on any atom is 0.319 e. The number of benzene rings is 2. The monoisotopic (exact) mass is 363 g/mol. The number of urea groups is 1. The Labute approximate surface area is 158 Å². The van der Waals surface area contributed by atoms with Gasteiger partial charge in [0.25, 0.3) is 0 Å². The van der Waals surface area contributed by atoms with Crippen molar-refractivity contribution >= 4 is 28.5 Å². The summed E-state index contributed by atoms with van der Waals surface area (Å²) in [6.07, 6.45) is 4.15. The van der Waals surface area contributed by atoms with Crippen LogP contribution in [0.1, 0.15) is 30.0 Å². The Morgan fingerprint density at radius 3 is 2.74 bits per heavy atom. The number of rotatable bonds is 7. The standard InChI is InChI=1S/C21H25N5O/c1-2-14-12-17(26-21(27)24-10-9-20(22)23)8-7-15(14)11-16-13-25-19-6-4-3-5-18(16)19/h3-8,12-13,25H,2,9-11H2,1H3,(H3,22,23)(H2,24,26,27). The summed E-state index contributed by atoms with van der Waals surface area (Å²) in [5.74, 6) is 0.0604. The molecule has 0 saturated carbocycles. The van der Waals surface area contributed by atoms with Gasteiger partial charge in [-0.1, -0.05) is 31.2 Å². The third kappa shape index (κ3) is 4.67. The Bertz CT molecular complexity index is 960. The van der Waals surface area contributed by atoms with E-state index in [1.807, 2.05) is 18.2 Å². The van der Waals surface area contributed by atoms with Gasteiger partial charge in [0.05, 0.1) is 5.84 Å². The molecule has 0 radical (unpaired) electrons. The number of aromatic amines is 1. The van der Waals surface area contributed by atoms with Crippen LogP contribution in [0.4, 0.5) is 10.5 Å². The third-order valence-corrected chi connectivity index (χ3v) is 4.58. The number of fused-ring (bicyclic) bond motifs is 1. The van der Waals surface area contributed by atoms with Crippen molar-refractivity contribution in [3.8, 4) is 0 Å². The molecular formula is C21H25N5O. The third-order valence-electron chi connectivity index (χ3n) is 4.58. The van der Waals surface area contributed by atoms with E-state index in [0.29, 0.717) is 13.0 Å². The van der Waals surface area contributed by atoms with Gasteiger partial charge < -0.3 is 21.4 Å². The van der Waals surface area contributed by atoms with Crippen LogP contribution in [0.25, 0.3) is 10.9 Å². The molecule has 6 nitrogen and oxygen atoms in total. The zero-order valence-electron chi connectivity index (χ0n) is 15.4. The first-order valence-corrected chi connectivity index (χ1v) is 9.11. The summed E-state index contributed by atoms with van der Waals surface area (Å²) in [6, 6.07) is 14.0. The first-order chi connectivity index (χ1) is 13.1. The van der Waals surface area contributed by atoms with Crippen LogP contribution in [-0.2, 0) is 12.8 Å². The van der Waals surface area contributed by atoms with E-state index in [1.54, 1.807) is 0 Å². The average Bonchev–Trinajstić information content (AvgIpc) is 3.05. The van der Waals surface area contributed by atoms with Gasteiger partial charge in [-0.25, -0.2) is 4.79 Å². The molecule has 0 aliphatic carbocycles. The molecule has 0 atom stereocenters. The fraction of sp³-hybridized carbons (Fsp3) is 0.238. The van der Waals surface area contributed by atoms with Crippen molar-refractivity contribution in [1.82, 2.24) is 10.3 Å². The lowest BCUT2D eigenvalue weighted by atomic mass is 9.97. The smallest absolute Gasteiger partial charge is 0.319 e. The van der Waals surface area contributed by atoms with Crippen LogP contribution in [0.5, 0.6) is 0 Å². The number of carbonyl (C=O) groups is 1. The molecule has 140 valence electrons. The molecule has 0 fully saturated rings. The molecule has 6 heteroatoms. The summed E-state index contributed by atoms with van der Waals surface area (Å²) in [7, 11) is 0. The summed E-state index contributed by atoms with van der Waals surface area (Å²) < 4.78 is 0. The quantitative estimate of drug-likeness (QED) is 0.325. The van der Waals surface area contributed by atoms with Crippen molar-refractivity contribution in [2.75, 3.05) is 11.9 Å². The molecule has 1 aromatic heterocycles. The number of nitrogens with one attached hydrogen (secondary N) is 4. The lowest BCUT2D eigenvalue weighted by molar-refractivity contribution is 0.252. The second-order valence-electron chi connectivity index (χ2n) is 6.53. The Kier molecular flexibility index (Phi) is 5.76. The minimum Gasteiger partial charge on any atom is -0.388 e. The largest absolute Gasteiger partial charge is 0.388 e. The summed E-state index contributed by atoms with van der Waals surface area (Å²) >= 11 is 0. The lowest BCUT2D eigenvalue weighted by Gasteiger charge is -2.12. The molecule has 0 spiro atoms. The topological polar surface area (TPSA) is 107 Å². The Morgan fingerprint density at radius 2 is 1.96 bits per heavy atom. The number of aryl methyl sites for hydroxylation is 1. The van der Waals surface area contributed by atoms with E-state index >= 15 is 0 Å². The van der Waals surface area contributed by atoms with Crippen molar-refractivity contribution in [3.63, 3.8) is 0 Å². The lowest BCUT2D eigenvalue weighted by Crippen LogP contribution is -2.31. The number of H-pyrrole nitrogens is 1. The molecule has 3 rings (SSSR count). The second kappa shape index (κ2) is 8.40. The second-order valence-corrected chi connectivity index (χ2v) is 6.53. The maximum atomic E-state index is 11.9. The van der Waals surface area contributed by atoms with E-state index in [1.165, 1.54) is 22.1 Å². The van der Waals surface area contributed by atoms with Crippen molar-refractivity contribution in [1.29, 1.82) is 5.41 Å². The highest BCUT2D eigenvalue weighted by Gasteiger charge is 2.09. The van der Waals surface area contributed by atoms with Crippen LogP contribution in [0, 0.1) is 5.41 Å². The van der Waals surface area contributed by atoms with Gasteiger partial charge >= 0.3 is 6.03 Å². The van der Waals surface area contributed by atoms with Gasteiger partial charge in [0, 0.05) is 35.8 Å². The van der Waals surface area contributed by atoms with E-state index in [0.717, 1.165) is 24.0 Å². The van der Waals surface area contributed by atoms with Crippen LogP contribution in [0.15, 0.2) is 48.7 Å². The number of para-hydroxylation sites is 1. The molecule has 3 aromatic rings. The van der Waals surface area contributed by atoms with E-state index < -0.39 is 0 Å². The number of hydrogen-bond donors (Lipinski definition) is 5. The Morgan fingerprint density at radius 1 is 1.15 bits per heavy atom. The summed E-state index contributed by atoms with van der Waals surface area (Å²) in [6.45, 7) is 2.46. The van der Waals surface area contributed by atoms with Crippen molar-refractivity contribution < 1.29 is 4.79 Å². The maximum absolute atomic E-state index is 11.9. The van der Waals surface area contributed by atoms with Gasteiger partial charge in [-0.05, 0) is 47.7 Å². The van der Waals surface area contributed by atoms with E-state index in [9.17, 15) is 4.79 Å². The SMILES string of the molecule is CCc1cc(NC(=O)NCCC(=N)N)ccc1Cc1c[nH]c2ccccc12. The number of amides is 2. The van der Waals surface area contributed by atoms with Gasteiger partial charge in [-0.15, -0.1) is 0 Å². The van der Waals surface area contributed by atoms with Gasteiger partial charge in [0.15, 0.2) is 0 Å². The average molecular weight is 363 g/mol. The zero-order valence-corrected chi connectivity index (χ0v) is 15.4. The molecule has 0 aliphatic heterocycles. The number of nitrogens with two attached hydrogens (primary N) is 1. The van der Waals surface area contributed by atoms with Crippen LogP contribution in [0.2, 0.25) is 0 Å². The van der Waals surface area contributed by atoms with E-state index in [-0.39, 0.29) is 11.9 Å². The normalized spacial score (nSPS) is 10.7.